The van der Waals surface area contributed by atoms with Gasteiger partial charge in [0.05, 0.1) is 5.69 Å². The molecule has 0 spiro atoms. The van der Waals surface area contributed by atoms with E-state index in [2.05, 4.69) is 24.5 Å². The molecule has 0 saturated carbocycles. The number of ether oxygens (including phenoxy) is 1. The van der Waals surface area contributed by atoms with Gasteiger partial charge in [-0.05, 0) is 51.8 Å². The van der Waals surface area contributed by atoms with Gasteiger partial charge in [-0.3, -0.25) is 5.32 Å². The Morgan fingerprint density at radius 3 is 2.50 bits per heavy atom. The molecule has 0 bridgehead atoms. The third-order valence-corrected chi connectivity index (χ3v) is 3.49. The lowest BCUT2D eigenvalue weighted by Gasteiger charge is -2.22. The maximum Gasteiger partial charge on any atom is 0.412 e. The molecule has 124 valence electrons. The zero-order valence-corrected chi connectivity index (χ0v) is 14.3. The van der Waals surface area contributed by atoms with Crippen LogP contribution in [0.25, 0.3) is 0 Å². The van der Waals surface area contributed by atoms with Crippen LogP contribution in [-0.2, 0) is 4.74 Å². The van der Waals surface area contributed by atoms with Crippen molar-refractivity contribution in [1.29, 1.82) is 0 Å². The first-order valence-electron chi connectivity index (χ1n) is 7.68. The van der Waals surface area contributed by atoms with Crippen molar-refractivity contribution in [2.45, 2.75) is 59.6 Å². The van der Waals surface area contributed by atoms with Crippen LogP contribution in [0.2, 0.25) is 0 Å². The SMILES string of the molecule is CCC(C)C(C)Nc1cc(NC(=O)OC(C)(C)C)ccc1F. The van der Waals surface area contributed by atoms with Crippen LogP contribution in [0.15, 0.2) is 18.2 Å². The molecule has 1 rings (SSSR count). The normalized spacial score (nSPS) is 14.1. The molecule has 2 atom stereocenters. The monoisotopic (exact) mass is 310 g/mol. The van der Waals surface area contributed by atoms with Crippen molar-refractivity contribution in [1.82, 2.24) is 0 Å². The van der Waals surface area contributed by atoms with Crippen molar-refractivity contribution in [3.8, 4) is 0 Å². The average Bonchev–Trinajstić information content (AvgIpc) is 2.39. The van der Waals surface area contributed by atoms with E-state index in [0.29, 0.717) is 17.3 Å². The van der Waals surface area contributed by atoms with Crippen LogP contribution in [-0.4, -0.2) is 17.7 Å². The lowest BCUT2D eigenvalue weighted by atomic mass is 10.0. The summed E-state index contributed by atoms with van der Waals surface area (Å²) in [7, 11) is 0. The van der Waals surface area contributed by atoms with Crippen molar-refractivity contribution >= 4 is 17.5 Å². The van der Waals surface area contributed by atoms with E-state index in [1.807, 2.05) is 6.92 Å². The number of amides is 1. The van der Waals surface area contributed by atoms with Crippen molar-refractivity contribution in [2.75, 3.05) is 10.6 Å². The largest absolute Gasteiger partial charge is 0.444 e. The maximum absolute atomic E-state index is 13.9. The van der Waals surface area contributed by atoms with Gasteiger partial charge >= 0.3 is 6.09 Å². The van der Waals surface area contributed by atoms with Gasteiger partial charge in [-0.1, -0.05) is 20.3 Å². The van der Waals surface area contributed by atoms with E-state index in [-0.39, 0.29) is 11.9 Å². The van der Waals surface area contributed by atoms with Crippen molar-refractivity contribution in [3.63, 3.8) is 0 Å². The quantitative estimate of drug-likeness (QED) is 0.803. The molecule has 0 aliphatic carbocycles. The second-order valence-electron chi connectivity index (χ2n) is 6.64. The standard InChI is InChI=1S/C17H27FN2O2/c1-7-11(2)12(3)19-15-10-13(8-9-14(15)18)20-16(21)22-17(4,5)6/h8-12,19H,7H2,1-6H3,(H,20,21). The highest BCUT2D eigenvalue weighted by Crippen LogP contribution is 2.23. The summed E-state index contributed by atoms with van der Waals surface area (Å²) in [5.41, 5.74) is 0.298. The number of nitrogens with one attached hydrogen (secondary N) is 2. The summed E-state index contributed by atoms with van der Waals surface area (Å²) >= 11 is 0. The average molecular weight is 310 g/mol. The lowest BCUT2D eigenvalue weighted by Crippen LogP contribution is -2.27. The Morgan fingerprint density at radius 1 is 1.32 bits per heavy atom. The first kappa shape index (κ1) is 18.3. The van der Waals surface area contributed by atoms with E-state index in [4.69, 9.17) is 4.74 Å². The zero-order chi connectivity index (χ0) is 16.9. The third kappa shape index (κ3) is 5.92. The Hall–Kier alpha value is -1.78. The fourth-order valence-corrected chi connectivity index (χ4v) is 1.88. The predicted molar refractivity (Wildman–Crippen MR) is 88.8 cm³/mol. The van der Waals surface area contributed by atoms with Crippen LogP contribution >= 0.6 is 0 Å². The molecule has 1 aromatic rings. The molecule has 0 saturated heterocycles. The number of carbonyl (C=O) groups is 1. The van der Waals surface area contributed by atoms with Gasteiger partial charge in [0.25, 0.3) is 0 Å². The molecule has 2 N–H and O–H groups in total. The first-order chi connectivity index (χ1) is 10.1. The first-order valence-corrected chi connectivity index (χ1v) is 7.68. The van der Waals surface area contributed by atoms with Gasteiger partial charge in [0.2, 0.25) is 0 Å². The highest BCUT2D eigenvalue weighted by atomic mass is 19.1. The Labute approximate surface area is 132 Å². The van der Waals surface area contributed by atoms with Crippen molar-refractivity contribution in [3.05, 3.63) is 24.0 Å². The van der Waals surface area contributed by atoms with E-state index in [1.165, 1.54) is 12.1 Å². The molecular formula is C17H27FN2O2. The van der Waals surface area contributed by atoms with Gasteiger partial charge in [0, 0.05) is 11.7 Å². The zero-order valence-electron chi connectivity index (χ0n) is 14.3. The number of halogens is 1. The third-order valence-electron chi connectivity index (χ3n) is 3.49. The highest BCUT2D eigenvalue weighted by Gasteiger charge is 2.17. The van der Waals surface area contributed by atoms with Crippen LogP contribution in [0.4, 0.5) is 20.6 Å². The van der Waals surface area contributed by atoms with E-state index < -0.39 is 11.7 Å². The van der Waals surface area contributed by atoms with Gasteiger partial charge in [-0.25, -0.2) is 9.18 Å². The summed E-state index contributed by atoms with van der Waals surface area (Å²) in [6.45, 7) is 11.6. The second-order valence-corrected chi connectivity index (χ2v) is 6.64. The number of rotatable bonds is 5. The van der Waals surface area contributed by atoms with E-state index >= 15 is 0 Å². The molecule has 5 heteroatoms. The molecule has 0 heterocycles. The van der Waals surface area contributed by atoms with E-state index in [1.54, 1.807) is 26.8 Å². The molecular weight excluding hydrogens is 283 g/mol. The molecule has 0 radical (unpaired) electrons. The van der Waals surface area contributed by atoms with Crippen LogP contribution in [0.5, 0.6) is 0 Å². The smallest absolute Gasteiger partial charge is 0.412 e. The minimum atomic E-state index is -0.573. The van der Waals surface area contributed by atoms with E-state index in [9.17, 15) is 9.18 Å². The highest BCUT2D eigenvalue weighted by molar-refractivity contribution is 5.85. The molecule has 0 aliphatic heterocycles. The summed E-state index contributed by atoms with van der Waals surface area (Å²) in [6.07, 6.45) is 0.450. The fraction of sp³-hybridized carbons (Fsp3) is 0.588. The molecule has 1 aromatic carbocycles. The number of hydrogen-bond donors (Lipinski definition) is 2. The fourth-order valence-electron chi connectivity index (χ4n) is 1.88. The molecule has 0 aromatic heterocycles. The van der Waals surface area contributed by atoms with E-state index in [0.717, 1.165) is 6.42 Å². The topological polar surface area (TPSA) is 50.4 Å². The predicted octanol–water partition coefficient (Wildman–Crippen LogP) is 5.02. The molecule has 0 fully saturated rings. The number of carbonyl (C=O) groups excluding carboxylic acids is 1. The van der Waals surface area contributed by atoms with Crippen molar-refractivity contribution in [2.24, 2.45) is 5.92 Å². The second kappa shape index (κ2) is 7.47. The Bertz CT molecular complexity index is 512. The molecule has 1 amide bonds. The maximum atomic E-state index is 13.9. The number of hydrogen-bond acceptors (Lipinski definition) is 3. The number of anilines is 2. The van der Waals surface area contributed by atoms with Crippen LogP contribution < -0.4 is 10.6 Å². The molecule has 2 unspecified atom stereocenters. The van der Waals surface area contributed by atoms with Gasteiger partial charge in [-0.15, -0.1) is 0 Å². The summed E-state index contributed by atoms with van der Waals surface area (Å²) in [5.74, 6) is 0.0757. The molecule has 22 heavy (non-hydrogen) atoms. The van der Waals surface area contributed by atoms with Gasteiger partial charge in [0.15, 0.2) is 0 Å². The summed E-state index contributed by atoms with van der Waals surface area (Å²) in [4.78, 5) is 11.8. The van der Waals surface area contributed by atoms with Crippen molar-refractivity contribution < 1.29 is 13.9 Å². The Kier molecular flexibility index (Phi) is 6.21. The van der Waals surface area contributed by atoms with Gasteiger partial charge in [0.1, 0.15) is 11.4 Å². The summed E-state index contributed by atoms with van der Waals surface area (Å²) in [5, 5.41) is 5.77. The number of benzene rings is 1. The van der Waals surface area contributed by atoms with Gasteiger partial charge < -0.3 is 10.1 Å². The Balaban J connectivity index is 2.79. The minimum Gasteiger partial charge on any atom is -0.444 e. The lowest BCUT2D eigenvalue weighted by molar-refractivity contribution is 0.0636. The summed E-state index contributed by atoms with van der Waals surface area (Å²) < 4.78 is 19.1. The summed E-state index contributed by atoms with van der Waals surface area (Å²) in [6, 6.07) is 4.56. The van der Waals surface area contributed by atoms with Crippen LogP contribution in [0.3, 0.4) is 0 Å². The van der Waals surface area contributed by atoms with Gasteiger partial charge in [-0.2, -0.15) is 0 Å². The van der Waals surface area contributed by atoms with Crippen LogP contribution in [0, 0.1) is 11.7 Å². The van der Waals surface area contributed by atoms with Crippen LogP contribution in [0.1, 0.15) is 48.0 Å². The Morgan fingerprint density at radius 2 is 1.95 bits per heavy atom. The minimum absolute atomic E-state index is 0.135. The molecule has 4 nitrogen and oxygen atoms in total. The molecule has 0 aliphatic rings.